The lowest BCUT2D eigenvalue weighted by Crippen LogP contribution is -2.35. The van der Waals surface area contributed by atoms with Gasteiger partial charge in [-0.3, -0.25) is 0 Å². The molecule has 2 heterocycles. The van der Waals surface area contributed by atoms with Gasteiger partial charge in [0.2, 0.25) is 5.88 Å². The Morgan fingerprint density at radius 2 is 2.05 bits per heavy atom. The number of fused-ring (bicyclic) bond motifs is 1. The van der Waals surface area contributed by atoms with E-state index < -0.39 is 0 Å². The summed E-state index contributed by atoms with van der Waals surface area (Å²) in [5.41, 5.74) is 1.17. The van der Waals surface area contributed by atoms with Crippen molar-refractivity contribution in [3.8, 4) is 5.88 Å². The molecule has 106 valence electrons. The van der Waals surface area contributed by atoms with Crippen molar-refractivity contribution in [3.63, 3.8) is 0 Å². The van der Waals surface area contributed by atoms with E-state index in [4.69, 9.17) is 4.74 Å². The first-order valence-corrected chi connectivity index (χ1v) is 7.83. The molecule has 3 nitrogen and oxygen atoms in total. The van der Waals surface area contributed by atoms with Crippen LogP contribution >= 0.6 is 15.9 Å². The van der Waals surface area contributed by atoms with Gasteiger partial charge in [-0.2, -0.15) is 0 Å². The minimum Gasteiger partial charge on any atom is -0.474 e. The lowest BCUT2D eigenvalue weighted by molar-refractivity contribution is 0.111. The summed E-state index contributed by atoms with van der Waals surface area (Å²) in [5, 5.41) is 2.30. The number of aryl methyl sites for hydroxylation is 1. The Morgan fingerprint density at radius 3 is 2.80 bits per heavy atom. The van der Waals surface area contributed by atoms with Crippen LogP contribution in [-0.2, 0) is 0 Å². The third kappa shape index (κ3) is 2.67. The van der Waals surface area contributed by atoms with Gasteiger partial charge in [-0.05, 0) is 44.5 Å². The molecule has 0 atom stereocenters. The van der Waals surface area contributed by atoms with Crippen molar-refractivity contribution in [2.24, 2.45) is 0 Å². The molecule has 4 heteroatoms. The van der Waals surface area contributed by atoms with Crippen molar-refractivity contribution in [2.45, 2.75) is 25.9 Å². The van der Waals surface area contributed by atoms with E-state index in [1.54, 1.807) is 0 Å². The third-order valence-electron chi connectivity index (χ3n) is 3.96. The number of nitrogens with zero attached hydrogens (tertiary/aromatic N) is 2. The first kappa shape index (κ1) is 13.8. The van der Waals surface area contributed by atoms with Crippen LogP contribution in [0.15, 0.2) is 28.9 Å². The van der Waals surface area contributed by atoms with Crippen molar-refractivity contribution in [1.82, 2.24) is 9.88 Å². The average molecular weight is 335 g/mol. The zero-order valence-electron chi connectivity index (χ0n) is 11.9. The van der Waals surface area contributed by atoms with Crippen molar-refractivity contribution in [3.05, 3.63) is 34.4 Å². The molecule has 20 heavy (non-hydrogen) atoms. The molecule has 3 rings (SSSR count). The zero-order valence-corrected chi connectivity index (χ0v) is 13.5. The minimum atomic E-state index is 0.281. The smallest absolute Gasteiger partial charge is 0.221 e. The second-order valence-corrected chi connectivity index (χ2v) is 6.38. The van der Waals surface area contributed by atoms with E-state index in [-0.39, 0.29) is 6.10 Å². The maximum absolute atomic E-state index is 6.17. The molecule has 0 saturated carbocycles. The normalized spacial score (nSPS) is 17.6. The van der Waals surface area contributed by atoms with Crippen LogP contribution in [0, 0.1) is 6.92 Å². The van der Waals surface area contributed by atoms with Crippen LogP contribution in [0.25, 0.3) is 10.8 Å². The number of hydrogen-bond donors (Lipinski definition) is 0. The van der Waals surface area contributed by atoms with Gasteiger partial charge in [0.15, 0.2) is 0 Å². The van der Waals surface area contributed by atoms with Gasteiger partial charge in [0.25, 0.3) is 0 Å². The number of benzene rings is 1. The maximum Gasteiger partial charge on any atom is 0.221 e. The van der Waals surface area contributed by atoms with Crippen molar-refractivity contribution in [1.29, 1.82) is 0 Å². The van der Waals surface area contributed by atoms with Gasteiger partial charge >= 0.3 is 0 Å². The van der Waals surface area contributed by atoms with Crippen LogP contribution in [-0.4, -0.2) is 36.1 Å². The Kier molecular flexibility index (Phi) is 3.94. The molecule has 1 aliphatic heterocycles. The van der Waals surface area contributed by atoms with Gasteiger partial charge in [0.1, 0.15) is 6.10 Å². The van der Waals surface area contributed by atoms with Crippen LogP contribution < -0.4 is 4.74 Å². The highest BCUT2D eigenvalue weighted by atomic mass is 79.9. The highest BCUT2D eigenvalue weighted by molar-refractivity contribution is 9.10. The van der Waals surface area contributed by atoms with Gasteiger partial charge in [-0.25, -0.2) is 4.98 Å². The van der Waals surface area contributed by atoms with E-state index in [0.29, 0.717) is 0 Å². The monoisotopic (exact) mass is 334 g/mol. The van der Waals surface area contributed by atoms with Crippen molar-refractivity contribution in [2.75, 3.05) is 20.1 Å². The standard InChI is InChI=1S/C16H19BrN2O/c1-11-10-18-16(13-4-3-5-14(17)15(11)13)20-12-6-8-19(2)9-7-12/h3-5,10,12H,6-9H2,1-2H3. The summed E-state index contributed by atoms with van der Waals surface area (Å²) >= 11 is 3.62. The van der Waals surface area contributed by atoms with E-state index >= 15 is 0 Å². The molecule has 1 saturated heterocycles. The van der Waals surface area contributed by atoms with E-state index in [1.165, 1.54) is 10.9 Å². The highest BCUT2D eigenvalue weighted by Crippen LogP contribution is 2.32. The Hall–Kier alpha value is -1.13. The SMILES string of the molecule is Cc1cnc(OC2CCN(C)CC2)c2cccc(Br)c12. The Bertz CT molecular complexity index is 613. The first-order valence-electron chi connectivity index (χ1n) is 7.04. The summed E-state index contributed by atoms with van der Waals surface area (Å²) in [4.78, 5) is 6.85. The Balaban J connectivity index is 1.92. The van der Waals surface area contributed by atoms with Crippen LogP contribution in [0.4, 0.5) is 0 Å². The quantitative estimate of drug-likeness (QED) is 0.835. The number of pyridine rings is 1. The zero-order chi connectivity index (χ0) is 14.1. The summed E-state index contributed by atoms with van der Waals surface area (Å²) in [7, 11) is 2.16. The summed E-state index contributed by atoms with van der Waals surface area (Å²) in [5.74, 6) is 0.765. The molecular formula is C16H19BrN2O. The number of hydrogen-bond acceptors (Lipinski definition) is 3. The van der Waals surface area contributed by atoms with Crippen LogP contribution in [0.1, 0.15) is 18.4 Å². The molecule has 1 fully saturated rings. The number of piperidine rings is 1. The molecule has 0 aliphatic carbocycles. The summed E-state index contributed by atoms with van der Waals surface area (Å²) in [6, 6.07) is 6.19. The molecule has 1 aromatic heterocycles. The number of rotatable bonds is 2. The second-order valence-electron chi connectivity index (χ2n) is 5.53. The first-order chi connectivity index (χ1) is 9.65. The molecule has 1 aromatic carbocycles. The molecule has 1 aliphatic rings. The number of likely N-dealkylation sites (tertiary alicyclic amines) is 1. The van der Waals surface area contributed by atoms with Gasteiger partial charge < -0.3 is 9.64 Å². The molecule has 0 amide bonds. The van der Waals surface area contributed by atoms with E-state index in [9.17, 15) is 0 Å². The Labute approximate surface area is 128 Å². The van der Waals surface area contributed by atoms with Gasteiger partial charge in [-0.1, -0.05) is 22.0 Å². The second kappa shape index (κ2) is 5.70. The number of halogens is 1. The lowest BCUT2D eigenvalue weighted by atomic mass is 10.1. The molecule has 0 spiro atoms. The fraction of sp³-hybridized carbons (Fsp3) is 0.438. The summed E-state index contributed by atoms with van der Waals surface area (Å²) in [6.45, 7) is 4.27. The number of ether oxygens (including phenoxy) is 1. The topological polar surface area (TPSA) is 25.4 Å². The average Bonchev–Trinajstić information content (AvgIpc) is 2.44. The predicted molar refractivity (Wildman–Crippen MR) is 85.3 cm³/mol. The van der Waals surface area contributed by atoms with Gasteiger partial charge in [-0.15, -0.1) is 0 Å². The van der Waals surface area contributed by atoms with Gasteiger partial charge in [0, 0.05) is 34.5 Å². The Morgan fingerprint density at radius 1 is 1.30 bits per heavy atom. The molecule has 0 radical (unpaired) electrons. The van der Waals surface area contributed by atoms with E-state index in [1.807, 2.05) is 12.3 Å². The molecule has 2 aromatic rings. The maximum atomic E-state index is 6.17. The van der Waals surface area contributed by atoms with Crippen molar-refractivity contribution >= 4 is 26.7 Å². The molecular weight excluding hydrogens is 316 g/mol. The third-order valence-corrected chi connectivity index (χ3v) is 4.62. The fourth-order valence-corrected chi connectivity index (χ4v) is 3.43. The lowest BCUT2D eigenvalue weighted by Gasteiger charge is -2.29. The minimum absolute atomic E-state index is 0.281. The molecule has 0 bridgehead atoms. The van der Waals surface area contributed by atoms with Crippen molar-refractivity contribution < 1.29 is 4.74 Å². The van der Waals surface area contributed by atoms with Crippen LogP contribution in [0.5, 0.6) is 5.88 Å². The molecule has 0 N–H and O–H groups in total. The summed E-state index contributed by atoms with van der Waals surface area (Å²) in [6.07, 6.45) is 4.32. The fourth-order valence-electron chi connectivity index (χ4n) is 2.75. The van der Waals surface area contributed by atoms with Crippen LogP contribution in [0.2, 0.25) is 0 Å². The van der Waals surface area contributed by atoms with Gasteiger partial charge in [0.05, 0.1) is 0 Å². The predicted octanol–water partition coefficient (Wildman–Crippen LogP) is 3.78. The molecule has 0 unspecified atom stereocenters. The van der Waals surface area contributed by atoms with E-state index in [2.05, 4.69) is 51.9 Å². The number of aromatic nitrogens is 1. The van der Waals surface area contributed by atoms with Crippen LogP contribution in [0.3, 0.4) is 0 Å². The summed E-state index contributed by atoms with van der Waals surface area (Å²) < 4.78 is 7.27. The largest absolute Gasteiger partial charge is 0.474 e. The van der Waals surface area contributed by atoms with E-state index in [0.717, 1.165) is 41.7 Å². The highest BCUT2D eigenvalue weighted by Gasteiger charge is 2.20.